The van der Waals surface area contributed by atoms with E-state index in [2.05, 4.69) is 26.2 Å². The lowest BCUT2D eigenvalue weighted by Gasteiger charge is -2.19. The Morgan fingerprint density at radius 3 is 2.89 bits per heavy atom. The van der Waals surface area contributed by atoms with Gasteiger partial charge in [-0.3, -0.25) is 0 Å². The fraction of sp³-hybridized carbons (Fsp3) is 0.385. The van der Waals surface area contributed by atoms with Crippen molar-refractivity contribution in [3.8, 4) is 0 Å². The van der Waals surface area contributed by atoms with E-state index in [4.69, 9.17) is 9.15 Å². The van der Waals surface area contributed by atoms with Gasteiger partial charge >= 0.3 is 6.09 Å². The van der Waals surface area contributed by atoms with Crippen LogP contribution in [0.3, 0.4) is 0 Å². The molecule has 0 unspecified atom stereocenters. The summed E-state index contributed by atoms with van der Waals surface area (Å²) in [6.45, 7) is 5.71. The number of amides is 1. The first-order chi connectivity index (χ1) is 8.83. The number of aromatic nitrogens is 1. The Hall–Kier alpha value is -1.56. The third kappa shape index (κ3) is 3.96. The second-order valence-electron chi connectivity index (χ2n) is 5.12. The van der Waals surface area contributed by atoms with Crippen LogP contribution < -0.4 is 5.32 Å². The summed E-state index contributed by atoms with van der Waals surface area (Å²) in [6.07, 6.45) is 1.19. The van der Waals surface area contributed by atoms with Crippen LogP contribution in [0.25, 0.3) is 11.1 Å². The predicted molar refractivity (Wildman–Crippen MR) is 74.8 cm³/mol. The van der Waals surface area contributed by atoms with Crippen molar-refractivity contribution in [3.05, 3.63) is 28.6 Å². The number of halogens is 1. The molecule has 2 aromatic heterocycles. The molecule has 1 amide bonds. The Labute approximate surface area is 119 Å². The van der Waals surface area contributed by atoms with E-state index in [1.165, 1.54) is 0 Å². The van der Waals surface area contributed by atoms with Crippen molar-refractivity contribution in [2.45, 2.75) is 32.9 Å². The second-order valence-corrected chi connectivity index (χ2v) is 6.03. The van der Waals surface area contributed by atoms with Crippen molar-refractivity contribution in [2.75, 3.05) is 0 Å². The molecule has 0 aliphatic rings. The van der Waals surface area contributed by atoms with Gasteiger partial charge in [0.1, 0.15) is 11.4 Å². The molecule has 6 heteroatoms. The second kappa shape index (κ2) is 5.21. The number of alkyl carbamates (subject to hydrolysis) is 1. The van der Waals surface area contributed by atoms with Gasteiger partial charge in [0.25, 0.3) is 0 Å². The highest BCUT2D eigenvalue weighted by Crippen LogP contribution is 2.20. The maximum Gasteiger partial charge on any atom is 0.408 e. The lowest BCUT2D eigenvalue weighted by atomic mass is 10.2. The standard InChI is InChI=1S/C13H15BrN2O3/c1-13(2,3)19-12(17)16-7-10-5-8-4-9(14)6-15-11(8)18-10/h4-6H,7H2,1-3H3,(H,16,17). The minimum atomic E-state index is -0.510. The fourth-order valence-corrected chi connectivity index (χ4v) is 1.87. The molecule has 0 aliphatic carbocycles. The molecule has 0 bridgehead atoms. The van der Waals surface area contributed by atoms with Gasteiger partial charge in [-0.1, -0.05) is 0 Å². The van der Waals surface area contributed by atoms with Crippen LogP contribution in [0.15, 0.2) is 27.2 Å². The molecule has 2 rings (SSSR count). The number of hydrogen-bond donors (Lipinski definition) is 1. The molecule has 0 aliphatic heterocycles. The smallest absolute Gasteiger partial charge is 0.408 e. The quantitative estimate of drug-likeness (QED) is 0.915. The summed E-state index contributed by atoms with van der Waals surface area (Å²) in [5, 5.41) is 3.52. The van der Waals surface area contributed by atoms with Gasteiger partial charge in [-0.05, 0) is 48.8 Å². The average molecular weight is 327 g/mol. The summed E-state index contributed by atoms with van der Waals surface area (Å²) >= 11 is 3.34. The molecule has 0 spiro atoms. The van der Waals surface area contributed by atoms with Crippen LogP contribution in [-0.2, 0) is 11.3 Å². The molecule has 1 N–H and O–H groups in total. The molecule has 19 heavy (non-hydrogen) atoms. The molecule has 0 radical (unpaired) electrons. The largest absolute Gasteiger partial charge is 0.444 e. The van der Waals surface area contributed by atoms with Crippen molar-refractivity contribution in [1.29, 1.82) is 0 Å². The van der Waals surface area contributed by atoms with Crippen LogP contribution in [0, 0.1) is 0 Å². The first-order valence-electron chi connectivity index (χ1n) is 5.84. The molecular formula is C13H15BrN2O3. The van der Waals surface area contributed by atoms with Crippen LogP contribution in [-0.4, -0.2) is 16.7 Å². The van der Waals surface area contributed by atoms with Gasteiger partial charge in [0.15, 0.2) is 0 Å². The first-order valence-corrected chi connectivity index (χ1v) is 6.63. The molecule has 102 valence electrons. The SMILES string of the molecule is CC(C)(C)OC(=O)NCc1cc2cc(Br)cnc2o1. The normalized spacial score (nSPS) is 11.6. The summed E-state index contributed by atoms with van der Waals surface area (Å²) in [5.74, 6) is 0.631. The van der Waals surface area contributed by atoms with Crippen molar-refractivity contribution >= 4 is 33.1 Å². The van der Waals surface area contributed by atoms with Crippen LogP contribution in [0.2, 0.25) is 0 Å². The van der Waals surface area contributed by atoms with Crippen LogP contribution in [0.5, 0.6) is 0 Å². The van der Waals surface area contributed by atoms with E-state index in [0.29, 0.717) is 11.5 Å². The highest BCUT2D eigenvalue weighted by Gasteiger charge is 2.16. The summed E-state index contributed by atoms with van der Waals surface area (Å²) in [4.78, 5) is 15.6. The van der Waals surface area contributed by atoms with Gasteiger partial charge in [-0.2, -0.15) is 0 Å². The van der Waals surface area contributed by atoms with E-state index in [1.807, 2.05) is 32.9 Å². The van der Waals surface area contributed by atoms with Crippen LogP contribution in [0.4, 0.5) is 4.79 Å². The maximum atomic E-state index is 11.5. The highest BCUT2D eigenvalue weighted by molar-refractivity contribution is 9.10. The molecule has 0 saturated heterocycles. The summed E-state index contributed by atoms with van der Waals surface area (Å²) < 4.78 is 11.5. The number of furan rings is 1. The Morgan fingerprint density at radius 1 is 1.47 bits per heavy atom. The minimum Gasteiger partial charge on any atom is -0.444 e. The molecule has 0 fully saturated rings. The van der Waals surface area contributed by atoms with Gasteiger partial charge in [-0.25, -0.2) is 9.78 Å². The van der Waals surface area contributed by atoms with Crippen molar-refractivity contribution in [1.82, 2.24) is 10.3 Å². The summed E-state index contributed by atoms with van der Waals surface area (Å²) in [6, 6.07) is 3.74. The number of carbonyl (C=O) groups excluding carboxylic acids is 1. The number of carbonyl (C=O) groups is 1. The minimum absolute atomic E-state index is 0.267. The molecule has 2 heterocycles. The lowest BCUT2D eigenvalue weighted by molar-refractivity contribution is 0.0520. The van der Waals surface area contributed by atoms with Gasteiger partial charge in [0, 0.05) is 16.1 Å². The van der Waals surface area contributed by atoms with E-state index in [1.54, 1.807) is 6.20 Å². The van der Waals surface area contributed by atoms with Gasteiger partial charge in [0.2, 0.25) is 5.71 Å². The number of rotatable bonds is 2. The monoisotopic (exact) mass is 326 g/mol. The summed E-state index contributed by atoms with van der Waals surface area (Å²) in [5.41, 5.74) is 0.0360. The Morgan fingerprint density at radius 2 is 2.21 bits per heavy atom. The molecular weight excluding hydrogens is 312 g/mol. The molecule has 0 atom stereocenters. The zero-order valence-corrected chi connectivity index (χ0v) is 12.6. The average Bonchev–Trinajstić information content (AvgIpc) is 2.66. The van der Waals surface area contributed by atoms with E-state index in [9.17, 15) is 4.79 Å². The number of pyridine rings is 1. The molecule has 0 aromatic carbocycles. The van der Waals surface area contributed by atoms with E-state index >= 15 is 0 Å². The number of nitrogens with one attached hydrogen (secondary N) is 1. The van der Waals surface area contributed by atoms with Gasteiger partial charge in [-0.15, -0.1) is 0 Å². The van der Waals surface area contributed by atoms with Crippen molar-refractivity contribution < 1.29 is 13.9 Å². The Bertz CT molecular complexity index is 601. The zero-order valence-electron chi connectivity index (χ0n) is 11.0. The first kappa shape index (κ1) is 13.9. The number of hydrogen-bond acceptors (Lipinski definition) is 4. The number of ether oxygens (including phenoxy) is 1. The maximum absolute atomic E-state index is 11.5. The molecule has 0 saturated carbocycles. The number of nitrogens with zero attached hydrogens (tertiary/aromatic N) is 1. The Kier molecular flexibility index (Phi) is 3.80. The van der Waals surface area contributed by atoms with Crippen LogP contribution >= 0.6 is 15.9 Å². The van der Waals surface area contributed by atoms with Crippen LogP contribution in [0.1, 0.15) is 26.5 Å². The fourth-order valence-electron chi connectivity index (χ4n) is 1.52. The third-order valence-corrected chi connectivity index (χ3v) is 2.63. The zero-order chi connectivity index (χ0) is 14.0. The highest BCUT2D eigenvalue weighted by atomic mass is 79.9. The van der Waals surface area contributed by atoms with E-state index < -0.39 is 11.7 Å². The van der Waals surface area contributed by atoms with Crippen molar-refractivity contribution in [2.24, 2.45) is 0 Å². The van der Waals surface area contributed by atoms with Crippen molar-refractivity contribution in [3.63, 3.8) is 0 Å². The van der Waals surface area contributed by atoms with E-state index in [0.717, 1.165) is 9.86 Å². The number of fused-ring (bicyclic) bond motifs is 1. The van der Waals surface area contributed by atoms with E-state index in [-0.39, 0.29) is 6.54 Å². The van der Waals surface area contributed by atoms with Gasteiger partial charge in [0.05, 0.1) is 6.54 Å². The molecule has 2 aromatic rings. The lowest BCUT2D eigenvalue weighted by Crippen LogP contribution is -2.32. The summed E-state index contributed by atoms with van der Waals surface area (Å²) in [7, 11) is 0. The third-order valence-electron chi connectivity index (χ3n) is 2.20. The Balaban J connectivity index is 2.00. The molecule has 5 nitrogen and oxygen atoms in total. The van der Waals surface area contributed by atoms with Gasteiger partial charge < -0.3 is 14.5 Å². The topological polar surface area (TPSA) is 64.4 Å². The predicted octanol–water partition coefficient (Wildman–Crippen LogP) is 3.62.